The number of carbonyl (C=O) groups is 1. The van der Waals surface area contributed by atoms with Crippen molar-refractivity contribution in [1.82, 2.24) is 14.9 Å². The number of aryl methyl sites for hydroxylation is 1. The van der Waals surface area contributed by atoms with E-state index in [-0.39, 0.29) is 22.6 Å². The van der Waals surface area contributed by atoms with Gasteiger partial charge in [0.25, 0.3) is 5.91 Å². The molecule has 1 saturated heterocycles. The molecule has 1 aliphatic heterocycles. The smallest absolute Gasteiger partial charge is 0.397 e. The molecule has 1 aromatic heterocycles. The molecule has 0 spiro atoms. The van der Waals surface area contributed by atoms with E-state index in [1.165, 1.54) is 36.0 Å². The highest BCUT2D eigenvalue weighted by Crippen LogP contribution is 2.37. The Bertz CT molecular complexity index is 1400. The standard InChI is InChI=1S/C27H30F4N8O/c1-17-4-5-20(12-23(17)39(33)15-22(32)19-13-34-16-35-14-19)36-26(40)18-10-21(27(29,30)31)25(28)24(11-18)38-7-3-6-37(2)8-9-38/h4-5,10-16H,3,6-9,32-33H2,1-2H3,(H,36,40)/b22-15-. The van der Waals surface area contributed by atoms with Gasteiger partial charge in [0.05, 0.1) is 22.6 Å². The zero-order valence-corrected chi connectivity index (χ0v) is 22.0. The van der Waals surface area contributed by atoms with Crippen LogP contribution in [0.15, 0.2) is 55.3 Å². The number of benzene rings is 2. The summed E-state index contributed by atoms with van der Waals surface area (Å²) in [4.78, 5) is 24.6. The lowest BCUT2D eigenvalue weighted by molar-refractivity contribution is -0.139. The van der Waals surface area contributed by atoms with E-state index in [4.69, 9.17) is 11.6 Å². The number of halogens is 4. The molecule has 2 heterocycles. The van der Waals surface area contributed by atoms with E-state index >= 15 is 4.39 Å². The lowest BCUT2D eigenvalue weighted by Gasteiger charge is -2.25. The van der Waals surface area contributed by atoms with E-state index in [0.717, 1.165) is 12.1 Å². The fourth-order valence-electron chi connectivity index (χ4n) is 4.37. The highest BCUT2D eigenvalue weighted by atomic mass is 19.4. The van der Waals surface area contributed by atoms with Crippen LogP contribution >= 0.6 is 0 Å². The van der Waals surface area contributed by atoms with Crippen molar-refractivity contribution >= 4 is 28.7 Å². The summed E-state index contributed by atoms with van der Waals surface area (Å²) < 4.78 is 56.5. The second-order valence-electron chi connectivity index (χ2n) is 9.57. The average Bonchev–Trinajstić information content (AvgIpc) is 3.13. The summed E-state index contributed by atoms with van der Waals surface area (Å²) >= 11 is 0. The van der Waals surface area contributed by atoms with Crippen LogP contribution in [-0.2, 0) is 6.18 Å². The zero-order valence-electron chi connectivity index (χ0n) is 22.0. The molecule has 40 heavy (non-hydrogen) atoms. The van der Waals surface area contributed by atoms with Crippen LogP contribution in [0.5, 0.6) is 0 Å². The molecule has 5 N–H and O–H groups in total. The van der Waals surface area contributed by atoms with Gasteiger partial charge in [-0.1, -0.05) is 6.07 Å². The van der Waals surface area contributed by atoms with E-state index in [2.05, 4.69) is 15.3 Å². The van der Waals surface area contributed by atoms with Gasteiger partial charge in [-0.25, -0.2) is 20.2 Å². The fraction of sp³-hybridized carbons (Fsp3) is 0.296. The lowest BCUT2D eigenvalue weighted by atomic mass is 10.1. The molecule has 4 rings (SSSR count). The fourth-order valence-corrected chi connectivity index (χ4v) is 4.37. The second-order valence-corrected chi connectivity index (χ2v) is 9.57. The van der Waals surface area contributed by atoms with E-state index in [9.17, 15) is 18.0 Å². The summed E-state index contributed by atoms with van der Waals surface area (Å²) in [7, 11) is 1.89. The van der Waals surface area contributed by atoms with Gasteiger partial charge >= 0.3 is 6.18 Å². The molecule has 0 saturated carbocycles. The van der Waals surface area contributed by atoms with Crippen LogP contribution < -0.4 is 26.8 Å². The van der Waals surface area contributed by atoms with Crippen LogP contribution in [0.4, 0.5) is 34.6 Å². The van der Waals surface area contributed by atoms with Crippen LogP contribution in [0, 0.1) is 12.7 Å². The number of nitrogens with zero attached hydrogens (tertiary/aromatic N) is 5. The number of anilines is 3. The first-order valence-electron chi connectivity index (χ1n) is 12.5. The Hall–Kier alpha value is -4.23. The van der Waals surface area contributed by atoms with Crippen LogP contribution in [-0.4, -0.2) is 54.0 Å². The van der Waals surface area contributed by atoms with Crippen molar-refractivity contribution in [3.05, 3.63) is 83.3 Å². The third-order valence-electron chi connectivity index (χ3n) is 6.60. The molecule has 0 unspecified atom stereocenters. The van der Waals surface area contributed by atoms with E-state index < -0.39 is 23.5 Å². The molecule has 0 bridgehead atoms. The van der Waals surface area contributed by atoms with Crippen LogP contribution in [0.3, 0.4) is 0 Å². The number of amides is 1. The van der Waals surface area contributed by atoms with Crippen LogP contribution in [0.1, 0.15) is 33.5 Å². The first-order chi connectivity index (χ1) is 18.9. The first kappa shape index (κ1) is 28.8. The van der Waals surface area contributed by atoms with Crippen LogP contribution in [0.2, 0.25) is 0 Å². The van der Waals surface area contributed by atoms with Gasteiger partial charge in [-0.15, -0.1) is 0 Å². The number of nitrogens with two attached hydrogens (primary N) is 2. The molecule has 13 heteroatoms. The Morgan fingerprint density at radius 1 is 1.07 bits per heavy atom. The van der Waals surface area contributed by atoms with Gasteiger partial charge in [-0.2, -0.15) is 13.2 Å². The molecule has 2 aromatic carbocycles. The first-order valence-corrected chi connectivity index (χ1v) is 12.5. The molecule has 0 atom stereocenters. The molecular formula is C27H30F4N8O. The maximum Gasteiger partial charge on any atom is 0.419 e. The molecule has 212 valence electrons. The topological polar surface area (TPSA) is 117 Å². The minimum Gasteiger partial charge on any atom is -0.397 e. The second kappa shape index (κ2) is 11.9. The highest BCUT2D eigenvalue weighted by molar-refractivity contribution is 6.05. The van der Waals surface area contributed by atoms with Crippen molar-refractivity contribution in [2.45, 2.75) is 19.5 Å². The van der Waals surface area contributed by atoms with Gasteiger partial charge in [0, 0.05) is 55.0 Å². The average molecular weight is 559 g/mol. The van der Waals surface area contributed by atoms with Gasteiger partial charge < -0.3 is 20.9 Å². The Labute approximate surface area is 229 Å². The van der Waals surface area contributed by atoms with Gasteiger partial charge in [0.15, 0.2) is 5.82 Å². The lowest BCUT2D eigenvalue weighted by Crippen LogP contribution is -2.30. The molecular weight excluding hydrogens is 528 g/mol. The van der Waals surface area contributed by atoms with Crippen molar-refractivity contribution in [2.24, 2.45) is 11.6 Å². The molecule has 1 amide bonds. The molecule has 0 aliphatic carbocycles. The highest BCUT2D eigenvalue weighted by Gasteiger charge is 2.37. The SMILES string of the molecule is Cc1ccc(NC(=O)c2cc(N3CCCN(C)CC3)c(F)c(C(F)(F)F)c2)cc1N(N)/C=C(\N)c1cncnc1. The number of carbonyl (C=O) groups excluding carboxylic acids is 1. The number of hydrogen-bond acceptors (Lipinski definition) is 8. The molecule has 0 radical (unpaired) electrons. The third kappa shape index (κ3) is 6.66. The van der Waals surface area contributed by atoms with Crippen molar-refractivity contribution in [3.63, 3.8) is 0 Å². The largest absolute Gasteiger partial charge is 0.419 e. The van der Waals surface area contributed by atoms with Gasteiger partial charge in [-0.05, 0) is 56.8 Å². The summed E-state index contributed by atoms with van der Waals surface area (Å²) in [6.45, 7) is 3.77. The number of hydrogen-bond donors (Lipinski definition) is 3. The van der Waals surface area contributed by atoms with Gasteiger partial charge in [0.1, 0.15) is 6.33 Å². The van der Waals surface area contributed by atoms with Crippen molar-refractivity contribution < 1.29 is 22.4 Å². The number of likely N-dealkylation sites (N-methyl/N-ethyl adjacent to an activating group) is 1. The number of nitrogens with one attached hydrogen (secondary N) is 1. The normalized spacial score (nSPS) is 15.1. The number of aromatic nitrogens is 2. The number of alkyl halides is 3. The molecule has 1 aliphatic rings. The van der Waals surface area contributed by atoms with Gasteiger partial charge in [-0.3, -0.25) is 9.80 Å². The van der Waals surface area contributed by atoms with E-state index in [1.54, 1.807) is 30.0 Å². The Balaban J connectivity index is 1.63. The molecule has 3 aromatic rings. The number of hydrazine groups is 1. The molecule has 9 nitrogen and oxygen atoms in total. The van der Waals surface area contributed by atoms with E-state index in [1.807, 2.05) is 11.9 Å². The zero-order chi connectivity index (χ0) is 29.0. The summed E-state index contributed by atoms with van der Waals surface area (Å²) in [5, 5.41) is 3.86. The summed E-state index contributed by atoms with van der Waals surface area (Å²) in [6.07, 6.45) is 1.52. The minimum atomic E-state index is -4.98. The van der Waals surface area contributed by atoms with Crippen LogP contribution in [0.25, 0.3) is 5.70 Å². The number of rotatable bonds is 6. The predicted octanol–water partition coefficient (Wildman–Crippen LogP) is 3.97. The maximum atomic E-state index is 15.1. The van der Waals surface area contributed by atoms with Crippen molar-refractivity contribution in [1.29, 1.82) is 0 Å². The Kier molecular flexibility index (Phi) is 8.55. The molecule has 1 fully saturated rings. The monoisotopic (exact) mass is 558 g/mol. The Morgan fingerprint density at radius 2 is 1.80 bits per heavy atom. The van der Waals surface area contributed by atoms with E-state index in [0.29, 0.717) is 43.4 Å². The third-order valence-corrected chi connectivity index (χ3v) is 6.60. The quantitative estimate of drug-likeness (QED) is 0.237. The van der Waals surface area contributed by atoms with Gasteiger partial charge in [0.2, 0.25) is 0 Å². The van der Waals surface area contributed by atoms with Crippen molar-refractivity contribution in [3.8, 4) is 0 Å². The predicted molar refractivity (Wildman–Crippen MR) is 146 cm³/mol. The van der Waals surface area contributed by atoms with Crippen molar-refractivity contribution in [2.75, 3.05) is 48.5 Å². The minimum absolute atomic E-state index is 0.251. The summed E-state index contributed by atoms with van der Waals surface area (Å²) in [5.74, 6) is 3.99. The summed E-state index contributed by atoms with van der Waals surface area (Å²) in [5.41, 5.74) is 6.35. The Morgan fingerprint density at radius 3 is 2.50 bits per heavy atom. The maximum absolute atomic E-state index is 15.1. The summed E-state index contributed by atoms with van der Waals surface area (Å²) in [6, 6.07) is 6.53.